The molecule has 24 heavy (non-hydrogen) atoms. The first-order chi connectivity index (χ1) is 11.5. The van der Waals surface area contributed by atoms with Gasteiger partial charge in [-0.25, -0.2) is 0 Å². The second kappa shape index (κ2) is 8.82. The number of aliphatic hydroxyl groups is 1. The van der Waals surface area contributed by atoms with Gasteiger partial charge in [0.25, 0.3) is 0 Å². The standard InChI is InChI=1S/C17H19ClN2O3S/c1-2-3-4-16(22)20-17(24)19-14-9-11(5-7-13(14)18)15-8-6-12(10-21)23-15/h5-9,21H,2-4,10H2,1H3,(H2,19,20,22,24). The number of amides is 1. The van der Waals surface area contributed by atoms with Crippen molar-refractivity contribution in [3.05, 3.63) is 41.1 Å². The second-order valence-electron chi connectivity index (χ2n) is 5.22. The zero-order chi connectivity index (χ0) is 17.5. The van der Waals surface area contributed by atoms with Gasteiger partial charge in [0.05, 0.1) is 10.7 Å². The first-order valence-corrected chi connectivity index (χ1v) is 8.42. The number of benzene rings is 1. The molecular formula is C17H19ClN2O3S. The summed E-state index contributed by atoms with van der Waals surface area (Å²) in [6.45, 7) is 1.86. The molecule has 1 amide bonds. The van der Waals surface area contributed by atoms with Gasteiger partial charge >= 0.3 is 0 Å². The van der Waals surface area contributed by atoms with E-state index in [2.05, 4.69) is 10.6 Å². The number of hydrogen-bond acceptors (Lipinski definition) is 4. The lowest BCUT2D eigenvalue weighted by Gasteiger charge is -2.12. The van der Waals surface area contributed by atoms with Crippen molar-refractivity contribution in [3.8, 4) is 11.3 Å². The van der Waals surface area contributed by atoms with E-state index >= 15 is 0 Å². The van der Waals surface area contributed by atoms with Crippen molar-refractivity contribution in [2.45, 2.75) is 32.8 Å². The molecule has 0 aliphatic heterocycles. The molecule has 0 aliphatic rings. The average Bonchev–Trinajstić information content (AvgIpc) is 3.04. The molecule has 0 aliphatic carbocycles. The number of halogens is 1. The fraction of sp³-hybridized carbons (Fsp3) is 0.294. The number of aliphatic hydroxyl groups excluding tert-OH is 1. The van der Waals surface area contributed by atoms with Gasteiger partial charge in [0.2, 0.25) is 5.91 Å². The molecule has 0 radical (unpaired) electrons. The number of carbonyl (C=O) groups is 1. The van der Waals surface area contributed by atoms with Crippen LogP contribution in [-0.2, 0) is 11.4 Å². The summed E-state index contributed by atoms with van der Waals surface area (Å²) in [6.07, 6.45) is 2.19. The summed E-state index contributed by atoms with van der Waals surface area (Å²) in [5.74, 6) is 0.963. The lowest BCUT2D eigenvalue weighted by atomic mass is 10.1. The Morgan fingerprint density at radius 3 is 2.79 bits per heavy atom. The number of rotatable bonds is 6. The number of furan rings is 1. The molecule has 7 heteroatoms. The zero-order valence-corrected chi connectivity index (χ0v) is 14.8. The molecule has 0 saturated heterocycles. The van der Waals surface area contributed by atoms with Crippen molar-refractivity contribution in [3.63, 3.8) is 0 Å². The third kappa shape index (κ3) is 5.06. The van der Waals surface area contributed by atoms with E-state index in [9.17, 15) is 4.79 Å². The molecule has 1 aromatic heterocycles. The van der Waals surface area contributed by atoms with Crippen LogP contribution in [0.15, 0.2) is 34.7 Å². The summed E-state index contributed by atoms with van der Waals surface area (Å²) in [6, 6.07) is 8.75. The Balaban J connectivity index is 2.08. The van der Waals surface area contributed by atoms with Crippen molar-refractivity contribution in [2.75, 3.05) is 5.32 Å². The summed E-state index contributed by atoms with van der Waals surface area (Å²) >= 11 is 11.3. The van der Waals surface area contributed by atoms with E-state index in [-0.39, 0.29) is 17.6 Å². The SMILES string of the molecule is CCCCC(=O)NC(=S)Nc1cc(-c2ccc(CO)o2)ccc1Cl. The molecule has 0 fully saturated rings. The Labute approximate surface area is 151 Å². The summed E-state index contributed by atoms with van der Waals surface area (Å²) in [7, 11) is 0. The molecule has 128 valence electrons. The average molecular weight is 367 g/mol. The van der Waals surface area contributed by atoms with Gasteiger partial charge in [-0.15, -0.1) is 0 Å². The summed E-state index contributed by atoms with van der Waals surface area (Å²) in [5.41, 5.74) is 1.35. The normalized spacial score (nSPS) is 10.5. The molecule has 2 aromatic rings. The fourth-order valence-electron chi connectivity index (χ4n) is 2.07. The Morgan fingerprint density at radius 2 is 2.12 bits per heavy atom. The van der Waals surface area contributed by atoms with Gasteiger partial charge in [-0.1, -0.05) is 24.9 Å². The molecule has 0 unspecified atom stereocenters. The molecule has 0 atom stereocenters. The van der Waals surface area contributed by atoms with Crippen molar-refractivity contribution in [1.29, 1.82) is 0 Å². The molecule has 0 bridgehead atoms. The smallest absolute Gasteiger partial charge is 0.226 e. The highest BCUT2D eigenvalue weighted by atomic mass is 35.5. The second-order valence-corrected chi connectivity index (χ2v) is 6.04. The van der Waals surface area contributed by atoms with E-state index in [1.54, 1.807) is 30.3 Å². The minimum absolute atomic E-state index is 0.125. The van der Waals surface area contributed by atoms with Gasteiger partial charge in [-0.05, 0) is 49.0 Å². The van der Waals surface area contributed by atoms with Gasteiger partial charge in [-0.2, -0.15) is 0 Å². The minimum Gasteiger partial charge on any atom is -0.459 e. The van der Waals surface area contributed by atoms with E-state index in [1.165, 1.54) is 0 Å². The van der Waals surface area contributed by atoms with Crippen LogP contribution < -0.4 is 10.6 Å². The predicted octanol–water partition coefficient (Wildman–Crippen LogP) is 4.10. The Morgan fingerprint density at radius 1 is 1.33 bits per heavy atom. The lowest BCUT2D eigenvalue weighted by Crippen LogP contribution is -2.33. The lowest BCUT2D eigenvalue weighted by molar-refractivity contribution is -0.119. The monoisotopic (exact) mass is 366 g/mol. The van der Waals surface area contributed by atoms with Crippen molar-refractivity contribution in [1.82, 2.24) is 5.32 Å². The van der Waals surface area contributed by atoms with Crippen LogP contribution in [0.1, 0.15) is 31.9 Å². The number of carbonyl (C=O) groups excluding carboxylic acids is 1. The highest BCUT2D eigenvalue weighted by Gasteiger charge is 2.10. The van der Waals surface area contributed by atoms with Crippen molar-refractivity contribution >= 4 is 40.5 Å². The summed E-state index contributed by atoms with van der Waals surface area (Å²) in [4.78, 5) is 11.7. The molecule has 0 spiro atoms. The highest BCUT2D eigenvalue weighted by molar-refractivity contribution is 7.80. The van der Waals surface area contributed by atoms with E-state index in [1.807, 2.05) is 6.92 Å². The number of anilines is 1. The van der Waals surface area contributed by atoms with Gasteiger partial charge < -0.3 is 20.2 Å². The molecule has 3 N–H and O–H groups in total. The fourth-order valence-corrected chi connectivity index (χ4v) is 2.46. The summed E-state index contributed by atoms with van der Waals surface area (Å²) < 4.78 is 5.50. The summed E-state index contributed by atoms with van der Waals surface area (Å²) in [5, 5.41) is 15.3. The maximum absolute atomic E-state index is 11.7. The molecule has 1 aromatic carbocycles. The molecule has 0 saturated carbocycles. The first kappa shape index (κ1) is 18.4. The predicted molar refractivity (Wildman–Crippen MR) is 99.0 cm³/mol. The Hall–Kier alpha value is -1.89. The number of nitrogens with one attached hydrogen (secondary N) is 2. The van der Waals surface area contributed by atoms with Crippen molar-refractivity contribution < 1.29 is 14.3 Å². The van der Waals surface area contributed by atoms with E-state index in [0.29, 0.717) is 28.7 Å². The maximum atomic E-state index is 11.7. The van der Waals surface area contributed by atoms with Crippen LogP contribution in [-0.4, -0.2) is 16.1 Å². The molecular weight excluding hydrogens is 348 g/mol. The molecule has 2 rings (SSSR count). The largest absolute Gasteiger partial charge is 0.459 e. The number of hydrogen-bond donors (Lipinski definition) is 3. The quantitative estimate of drug-likeness (QED) is 0.671. The van der Waals surface area contributed by atoms with Crippen LogP contribution >= 0.6 is 23.8 Å². The Bertz CT molecular complexity index is 730. The van der Waals surface area contributed by atoms with Gasteiger partial charge in [0.1, 0.15) is 18.1 Å². The molecule has 1 heterocycles. The van der Waals surface area contributed by atoms with Crippen LogP contribution in [0.25, 0.3) is 11.3 Å². The van der Waals surface area contributed by atoms with Crippen molar-refractivity contribution in [2.24, 2.45) is 0 Å². The van der Waals surface area contributed by atoms with Crippen LogP contribution in [0, 0.1) is 0 Å². The van der Waals surface area contributed by atoms with E-state index in [4.69, 9.17) is 33.3 Å². The van der Waals surface area contributed by atoms with Crippen LogP contribution in [0.2, 0.25) is 5.02 Å². The van der Waals surface area contributed by atoms with Gasteiger partial charge in [0.15, 0.2) is 5.11 Å². The van der Waals surface area contributed by atoms with Crippen LogP contribution in [0.4, 0.5) is 5.69 Å². The number of unbranched alkanes of at least 4 members (excludes halogenated alkanes) is 1. The van der Waals surface area contributed by atoms with E-state index in [0.717, 1.165) is 18.4 Å². The highest BCUT2D eigenvalue weighted by Crippen LogP contribution is 2.30. The third-order valence-corrected chi connectivity index (χ3v) is 3.86. The molecule has 5 nitrogen and oxygen atoms in total. The minimum atomic E-state index is -0.160. The Kier molecular flexibility index (Phi) is 6.78. The maximum Gasteiger partial charge on any atom is 0.226 e. The zero-order valence-electron chi connectivity index (χ0n) is 13.3. The van der Waals surface area contributed by atoms with Crippen LogP contribution in [0.5, 0.6) is 0 Å². The first-order valence-electron chi connectivity index (χ1n) is 7.63. The number of thiocarbonyl (C=S) groups is 1. The van der Waals surface area contributed by atoms with Gasteiger partial charge in [-0.3, -0.25) is 4.79 Å². The van der Waals surface area contributed by atoms with E-state index < -0.39 is 0 Å². The van der Waals surface area contributed by atoms with Gasteiger partial charge in [0, 0.05) is 12.0 Å². The van der Waals surface area contributed by atoms with Crippen LogP contribution in [0.3, 0.4) is 0 Å². The topological polar surface area (TPSA) is 74.5 Å². The third-order valence-electron chi connectivity index (χ3n) is 3.33.